The monoisotopic (exact) mass is 287 g/mol. The van der Waals surface area contributed by atoms with Crippen LogP contribution in [-0.2, 0) is 14.9 Å². The molecule has 2 amide bonds. The fourth-order valence-corrected chi connectivity index (χ4v) is 3.54. The van der Waals surface area contributed by atoms with Gasteiger partial charge in [-0.15, -0.1) is 0 Å². The molecule has 0 unspecified atom stereocenters. The van der Waals surface area contributed by atoms with Gasteiger partial charge in [-0.05, 0) is 17.5 Å². The fourth-order valence-electron chi connectivity index (χ4n) is 3.54. The Morgan fingerprint density at radius 2 is 2.05 bits per heavy atom. The number of nitrogens with zero attached hydrogens (tertiary/aromatic N) is 1. The number of fused-ring (bicyclic) bond motifs is 3. The molecule has 0 saturated carbocycles. The van der Waals surface area contributed by atoms with Gasteiger partial charge in [0.25, 0.3) is 0 Å². The van der Waals surface area contributed by atoms with E-state index in [1.54, 1.807) is 0 Å². The van der Waals surface area contributed by atoms with Crippen molar-refractivity contribution in [2.75, 3.05) is 0 Å². The second-order valence-corrected chi connectivity index (χ2v) is 6.58. The van der Waals surface area contributed by atoms with E-state index >= 15 is 0 Å². The van der Waals surface area contributed by atoms with E-state index < -0.39 is 6.09 Å². The van der Waals surface area contributed by atoms with Gasteiger partial charge in [0.2, 0.25) is 5.91 Å². The highest BCUT2D eigenvalue weighted by Gasteiger charge is 2.59. The first-order valence-corrected chi connectivity index (χ1v) is 7.52. The van der Waals surface area contributed by atoms with Crippen LogP contribution in [0.4, 0.5) is 4.79 Å². The zero-order valence-corrected chi connectivity index (χ0v) is 12.9. The number of ether oxygens (including phenoxy) is 1. The molecule has 1 heterocycles. The molecular weight excluding hydrogens is 266 g/mol. The van der Waals surface area contributed by atoms with Crippen LogP contribution in [0.5, 0.6) is 0 Å². The van der Waals surface area contributed by atoms with Crippen molar-refractivity contribution in [1.29, 1.82) is 0 Å². The number of carbonyl (C=O) groups excluding carboxylic acids is 2. The zero-order valence-electron chi connectivity index (χ0n) is 12.9. The lowest BCUT2D eigenvalue weighted by molar-refractivity contribution is -0.134. The van der Waals surface area contributed by atoms with Crippen LogP contribution in [0.25, 0.3) is 0 Å². The van der Waals surface area contributed by atoms with Crippen molar-refractivity contribution in [1.82, 2.24) is 4.90 Å². The van der Waals surface area contributed by atoms with E-state index in [1.807, 2.05) is 32.0 Å². The van der Waals surface area contributed by atoms with Gasteiger partial charge in [0.1, 0.15) is 0 Å². The summed E-state index contributed by atoms with van der Waals surface area (Å²) in [5.74, 6) is -0.299. The molecule has 3 atom stereocenters. The van der Waals surface area contributed by atoms with Gasteiger partial charge in [0.05, 0.1) is 6.04 Å². The molecular formula is C17H21NO3. The average molecular weight is 287 g/mol. The third-order valence-corrected chi connectivity index (χ3v) is 4.96. The maximum atomic E-state index is 12.6. The summed E-state index contributed by atoms with van der Waals surface area (Å²) in [4.78, 5) is 26.2. The van der Waals surface area contributed by atoms with Gasteiger partial charge in [0, 0.05) is 11.3 Å². The Morgan fingerprint density at radius 3 is 2.71 bits per heavy atom. The van der Waals surface area contributed by atoms with Gasteiger partial charge in [-0.3, -0.25) is 4.79 Å². The van der Waals surface area contributed by atoms with Crippen LogP contribution in [0, 0.1) is 5.92 Å². The van der Waals surface area contributed by atoms with Gasteiger partial charge >= 0.3 is 6.09 Å². The number of hydrogen-bond donors (Lipinski definition) is 0. The molecule has 1 aliphatic heterocycles. The predicted octanol–water partition coefficient (Wildman–Crippen LogP) is 3.41. The third kappa shape index (κ3) is 1.81. The summed E-state index contributed by atoms with van der Waals surface area (Å²) in [6.07, 6.45) is -0.123. The molecule has 112 valence electrons. The number of imide groups is 1. The van der Waals surface area contributed by atoms with Crippen molar-refractivity contribution in [3.05, 3.63) is 35.4 Å². The minimum Gasteiger partial charge on any atom is -0.439 e. The Labute approximate surface area is 125 Å². The largest absolute Gasteiger partial charge is 0.439 e. The van der Waals surface area contributed by atoms with Gasteiger partial charge in [0.15, 0.2) is 6.10 Å². The first kappa shape index (κ1) is 14.1. The maximum Gasteiger partial charge on any atom is 0.417 e. The summed E-state index contributed by atoms with van der Waals surface area (Å²) in [7, 11) is 0. The molecule has 3 rings (SSSR count). The number of carbonyl (C=O) groups is 2. The molecule has 0 radical (unpaired) electrons. The van der Waals surface area contributed by atoms with Crippen LogP contribution in [0.3, 0.4) is 0 Å². The minimum absolute atomic E-state index is 0.129. The summed E-state index contributed by atoms with van der Waals surface area (Å²) >= 11 is 0. The van der Waals surface area contributed by atoms with Gasteiger partial charge in [-0.1, -0.05) is 52.0 Å². The number of amides is 2. The topological polar surface area (TPSA) is 46.6 Å². The molecule has 1 aromatic rings. The highest BCUT2D eigenvalue weighted by Crippen LogP contribution is 2.52. The number of hydrogen-bond acceptors (Lipinski definition) is 3. The number of rotatable bonds is 2. The summed E-state index contributed by atoms with van der Waals surface area (Å²) in [5, 5.41) is 0. The molecule has 0 bridgehead atoms. The maximum absolute atomic E-state index is 12.6. The molecule has 4 nitrogen and oxygen atoms in total. The molecule has 0 N–H and O–H groups in total. The van der Waals surface area contributed by atoms with Crippen molar-refractivity contribution < 1.29 is 14.3 Å². The minimum atomic E-state index is -0.502. The summed E-state index contributed by atoms with van der Waals surface area (Å²) in [6.45, 7) is 7.97. The van der Waals surface area contributed by atoms with Gasteiger partial charge in [-0.2, -0.15) is 0 Å². The molecule has 1 aromatic carbocycles. The van der Waals surface area contributed by atoms with Crippen LogP contribution < -0.4 is 0 Å². The van der Waals surface area contributed by atoms with E-state index in [0.29, 0.717) is 6.42 Å². The Bertz CT molecular complexity index is 608. The van der Waals surface area contributed by atoms with Crippen molar-refractivity contribution in [2.45, 2.75) is 51.7 Å². The first-order chi connectivity index (χ1) is 9.89. The van der Waals surface area contributed by atoms with E-state index in [4.69, 9.17) is 4.74 Å². The molecule has 1 aliphatic carbocycles. The Morgan fingerprint density at radius 1 is 1.38 bits per heavy atom. The van der Waals surface area contributed by atoms with E-state index in [1.165, 1.54) is 4.90 Å². The lowest BCUT2D eigenvalue weighted by atomic mass is 9.82. The van der Waals surface area contributed by atoms with Gasteiger partial charge in [-0.25, -0.2) is 9.69 Å². The van der Waals surface area contributed by atoms with Crippen molar-refractivity contribution in [3.8, 4) is 0 Å². The normalized spacial score (nSPS) is 27.0. The molecule has 0 spiro atoms. The Balaban J connectivity index is 2.06. The smallest absolute Gasteiger partial charge is 0.417 e. The Hall–Kier alpha value is -1.84. The van der Waals surface area contributed by atoms with Crippen LogP contribution in [0.2, 0.25) is 0 Å². The average Bonchev–Trinajstić information content (AvgIpc) is 2.92. The van der Waals surface area contributed by atoms with E-state index in [0.717, 1.165) is 11.1 Å². The molecule has 4 heteroatoms. The summed E-state index contributed by atoms with van der Waals surface area (Å²) in [6, 6.07) is 7.75. The van der Waals surface area contributed by atoms with E-state index in [2.05, 4.69) is 19.9 Å². The molecule has 1 saturated heterocycles. The van der Waals surface area contributed by atoms with E-state index in [9.17, 15) is 9.59 Å². The van der Waals surface area contributed by atoms with Crippen LogP contribution in [-0.4, -0.2) is 22.9 Å². The molecule has 0 aromatic heterocycles. The number of benzene rings is 1. The van der Waals surface area contributed by atoms with Crippen LogP contribution >= 0.6 is 0 Å². The van der Waals surface area contributed by atoms with Crippen molar-refractivity contribution in [3.63, 3.8) is 0 Å². The SMILES string of the molecule is CC[C@H](C)C(=O)N1C(=O)O[C@H]2c3ccccc3C(C)(C)[C@H]21. The highest BCUT2D eigenvalue weighted by molar-refractivity contribution is 5.95. The quantitative estimate of drug-likeness (QED) is 0.837. The summed E-state index contributed by atoms with van der Waals surface area (Å²) < 4.78 is 5.54. The van der Waals surface area contributed by atoms with Crippen molar-refractivity contribution >= 4 is 12.0 Å². The first-order valence-electron chi connectivity index (χ1n) is 7.52. The van der Waals surface area contributed by atoms with Crippen molar-refractivity contribution in [2.24, 2.45) is 5.92 Å². The Kier molecular flexibility index (Phi) is 3.08. The molecule has 21 heavy (non-hydrogen) atoms. The molecule has 1 fully saturated rings. The predicted molar refractivity (Wildman–Crippen MR) is 78.8 cm³/mol. The lowest BCUT2D eigenvalue weighted by Crippen LogP contribution is -2.48. The molecule has 2 aliphatic rings. The third-order valence-electron chi connectivity index (χ3n) is 4.96. The zero-order chi connectivity index (χ0) is 15.4. The summed E-state index contributed by atoms with van der Waals surface area (Å²) in [5.41, 5.74) is 1.89. The van der Waals surface area contributed by atoms with Crippen LogP contribution in [0.1, 0.15) is 51.3 Å². The standard InChI is InChI=1S/C17H21NO3/c1-5-10(2)15(19)18-14-13(21-16(18)20)11-8-6-7-9-12(11)17(14,3)4/h6-10,13-14H,5H2,1-4H3/t10-,13-,14-/m0/s1. The van der Waals surface area contributed by atoms with Gasteiger partial charge < -0.3 is 4.74 Å². The fraction of sp³-hybridized carbons (Fsp3) is 0.529. The van der Waals surface area contributed by atoms with Crippen LogP contribution in [0.15, 0.2) is 24.3 Å². The lowest BCUT2D eigenvalue weighted by Gasteiger charge is -2.32. The highest BCUT2D eigenvalue weighted by atomic mass is 16.6. The second-order valence-electron chi connectivity index (χ2n) is 6.58. The van der Waals surface area contributed by atoms with E-state index in [-0.39, 0.29) is 29.4 Å². The second kappa shape index (κ2) is 4.58.